The maximum Gasteiger partial charge on any atom is 0.222 e. The molecule has 1 aliphatic carbocycles. The lowest BCUT2D eigenvalue weighted by atomic mass is 10.0. The fraction of sp³-hybridized carbons (Fsp3) is 0.720. The van der Waals surface area contributed by atoms with Crippen molar-refractivity contribution in [1.82, 2.24) is 24.4 Å². The van der Waals surface area contributed by atoms with Crippen LogP contribution in [-0.2, 0) is 11.2 Å². The number of hydrogen-bond acceptors (Lipinski definition) is 4. The van der Waals surface area contributed by atoms with Crippen LogP contribution in [-0.4, -0.2) is 56.0 Å². The third-order valence-electron chi connectivity index (χ3n) is 7.91. The Bertz CT molecular complexity index is 939. The highest BCUT2D eigenvalue weighted by molar-refractivity contribution is 5.76. The van der Waals surface area contributed by atoms with Gasteiger partial charge < -0.3 is 4.90 Å². The van der Waals surface area contributed by atoms with Gasteiger partial charge in [0.2, 0.25) is 5.91 Å². The zero-order chi connectivity index (χ0) is 21.4. The number of piperidine rings is 1. The van der Waals surface area contributed by atoms with Crippen molar-refractivity contribution in [2.45, 2.75) is 96.6 Å². The van der Waals surface area contributed by atoms with E-state index in [0.29, 0.717) is 12.5 Å². The third-order valence-corrected chi connectivity index (χ3v) is 7.91. The van der Waals surface area contributed by atoms with Crippen molar-refractivity contribution in [3.8, 4) is 0 Å². The number of aromatic nitrogens is 3. The second kappa shape index (κ2) is 8.89. The van der Waals surface area contributed by atoms with E-state index < -0.39 is 0 Å². The van der Waals surface area contributed by atoms with Crippen LogP contribution in [0, 0.1) is 13.8 Å². The molecule has 1 saturated carbocycles. The average molecular weight is 424 g/mol. The number of amides is 1. The van der Waals surface area contributed by atoms with Gasteiger partial charge in [-0.15, -0.1) is 0 Å². The Morgan fingerprint density at radius 3 is 2.55 bits per heavy atom. The fourth-order valence-corrected chi connectivity index (χ4v) is 6.18. The first kappa shape index (κ1) is 20.9. The molecule has 31 heavy (non-hydrogen) atoms. The Morgan fingerprint density at radius 2 is 1.77 bits per heavy atom. The van der Waals surface area contributed by atoms with Gasteiger partial charge in [0.25, 0.3) is 0 Å². The van der Waals surface area contributed by atoms with Crippen molar-refractivity contribution in [3.63, 3.8) is 0 Å². The number of carbonyl (C=O) groups is 1. The van der Waals surface area contributed by atoms with E-state index in [1.165, 1.54) is 62.7 Å². The van der Waals surface area contributed by atoms with E-state index in [9.17, 15) is 4.79 Å². The van der Waals surface area contributed by atoms with Gasteiger partial charge in [0.1, 0.15) is 0 Å². The number of rotatable bonds is 5. The lowest BCUT2D eigenvalue weighted by Crippen LogP contribution is -2.35. The lowest BCUT2D eigenvalue weighted by molar-refractivity contribution is -0.132. The van der Waals surface area contributed by atoms with Crippen LogP contribution in [0.4, 0.5) is 0 Å². The highest BCUT2D eigenvalue weighted by Crippen LogP contribution is 2.38. The lowest BCUT2D eigenvalue weighted by Gasteiger charge is -2.29. The van der Waals surface area contributed by atoms with Crippen molar-refractivity contribution in [2.24, 2.45) is 0 Å². The molecule has 0 N–H and O–H groups in total. The largest absolute Gasteiger partial charge is 0.343 e. The second-order valence-corrected chi connectivity index (χ2v) is 9.88. The molecule has 2 aliphatic heterocycles. The first-order valence-electron chi connectivity index (χ1n) is 12.5. The maximum atomic E-state index is 12.7. The van der Waals surface area contributed by atoms with Crippen LogP contribution in [0.1, 0.15) is 92.9 Å². The van der Waals surface area contributed by atoms with Crippen molar-refractivity contribution in [1.29, 1.82) is 0 Å². The molecule has 0 aromatic carbocycles. The summed E-state index contributed by atoms with van der Waals surface area (Å²) in [6, 6.07) is 3.39. The highest BCUT2D eigenvalue weighted by atomic mass is 16.2. The molecule has 3 fully saturated rings. The molecule has 2 saturated heterocycles. The van der Waals surface area contributed by atoms with Crippen molar-refractivity contribution in [3.05, 3.63) is 28.7 Å². The normalized spacial score (nSPS) is 23.3. The predicted molar refractivity (Wildman–Crippen MR) is 122 cm³/mol. The Balaban J connectivity index is 1.35. The first-order chi connectivity index (χ1) is 15.1. The van der Waals surface area contributed by atoms with Gasteiger partial charge in [-0.3, -0.25) is 9.69 Å². The predicted octanol–water partition coefficient (Wildman–Crippen LogP) is 4.37. The molecular formula is C25H37N5O. The fourth-order valence-electron chi connectivity index (χ4n) is 6.18. The summed E-state index contributed by atoms with van der Waals surface area (Å²) < 4.78 is 2.04. The Labute approximate surface area is 186 Å². The SMILES string of the molecule is Cc1nc2cc([C@H]3CCCN3C3CCCC3)nn2c(C)c1CCC(=O)N1CCCCC1. The molecule has 4 heterocycles. The number of fused-ring (bicyclic) bond motifs is 1. The quantitative estimate of drug-likeness (QED) is 0.717. The molecule has 168 valence electrons. The monoisotopic (exact) mass is 423 g/mol. The number of likely N-dealkylation sites (tertiary alicyclic amines) is 2. The summed E-state index contributed by atoms with van der Waals surface area (Å²) in [4.78, 5) is 22.3. The number of carbonyl (C=O) groups excluding carboxylic acids is 1. The van der Waals surface area contributed by atoms with E-state index in [1.54, 1.807) is 0 Å². The van der Waals surface area contributed by atoms with E-state index in [-0.39, 0.29) is 5.91 Å². The molecular weight excluding hydrogens is 386 g/mol. The summed E-state index contributed by atoms with van der Waals surface area (Å²) in [6.45, 7) is 7.28. The zero-order valence-corrected chi connectivity index (χ0v) is 19.3. The van der Waals surface area contributed by atoms with Crippen LogP contribution in [0.25, 0.3) is 5.65 Å². The standard InChI is InChI=1S/C25H37N5O/c1-18-21(12-13-25(31)28-14-6-3-7-15-28)19(2)30-24(26-18)17-22(27-30)23-11-8-16-29(23)20-9-4-5-10-20/h17,20,23H,3-16H2,1-2H3/t23-/m1/s1. The number of hydrogen-bond donors (Lipinski definition) is 0. The third kappa shape index (κ3) is 4.11. The molecule has 1 amide bonds. The average Bonchev–Trinajstić information content (AvgIpc) is 3.53. The Hall–Kier alpha value is -1.95. The maximum absolute atomic E-state index is 12.7. The zero-order valence-electron chi connectivity index (χ0n) is 19.3. The summed E-state index contributed by atoms with van der Waals surface area (Å²) in [6.07, 6.45) is 12.8. The Kier molecular flexibility index (Phi) is 6.00. The number of nitrogens with zero attached hydrogens (tertiary/aromatic N) is 5. The van der Waals surface area contributed by atoms with Crippen LogP contribution < -0.4 is 0 Å². The first-order valence-corrected chi connectivity index (χ1v) is 12.5. The summed E-state index contributed by atoms with van der Waals surface area (Å²) in [7, 11) is 0. The van der Waals surface area contributed by atoms with Gasteiger partial charge in [-0.1, -0.05) is 12.8 Å². The van der Waals surface area contributed by atoms with Gasteiger partial charge in [0.05, 0.1) is 11.7 Å². The smallest absolute Gasteiger partial charge is 0.222 e. The molecule has 2 aromatic heterocycles. The van der Waals surface area contributed by atoms with E-state index in [1.807, 2.05) is 9.42 Å². The van der Waals surface area contributed by atoms with E-state index >= 15 is 0 Å². The van der Waals surface area contributed by atoms with E-state index in [2.05, 4.69) is 24.8 Å². The van der Waals surface area contributed by atoms with Crippen LogP contribution in [0.5, 0.6) is 0 Å². The van der Waals surface area contributed by atoms with Crippen molar-refractivity contribution in [2.75, 3.05) is 19.6 Å². The van der Waals surface area contributed by atoms with Gasteiger partial charge in [-0.05, 0) is 77.3 Å². The minimum absolute atomic E-state index is 0.290. The molecule has 5 rings (SSSR count). The van der Waals surface area contributed by atoms with Crippen molar-refractivity contribution < 1.29 is 4.79 Å². The van der Waals surface area contributed by atoms with Gasteiger partial charge in [-0.2, -0.15) is 5.10 Å². The van der Waals surface area contributed by atoms with Crippen LogP contribution >= 0.6 is 0 Å². The summed E-state index contributed by atoms with van der Waals surface area (Å²) >= 11 is 0. The molecule has 0 radical (unpaired) electrons. The molecule has 3 aliphatic rings. The minimum Gasteiger partial charge on any atom is -0.343 e. The van der Waals surface area contributed by atoms with Crippen molar-refractivity contribution >= 4 is 11.6 Å². The summed E-state index contributed by atoms with van der Waals surface area (Å²) in [5.41, 5.74) is 5.51. The Morgan fingerprint density at radius 1 is 1.00 bits per heavy atom. The van der Waals surface area contributed by atoms with Gasteiger partial charge in [-0.25, -0.2) is 9.50 Å². The van der Waals surface area contributed by atoms with E-state index in [0.717, 1.165) is 55.4 Å². The van der Waals surface area contributed by atoms with Crippen LogP contribution in [0.3, 0.4) is 0 Å². The van der Waals surface area contributed by atoms with Gasteiger partial charge in [0.15, 0.2) is 5.65 Å². The van der Waals surface area contributed by atoms with E-state index in [4.69, 9.17) is 10.1 Å². The second-order valence-electron chi connectivity index (χ2n) is 9.88. The molecule has 6 nitrogen and oxygen atoms in total. The molecule has 1 atom stereocenters. The minimum atomic E-state index is 0.290. The molecule has 0 unspecified atom stereocenters. The topological polar surface area (TPSA) is 53.7 Å². The molecule has 0 spiro atoms. The molecule has 2 aromatic rings. The summed E-state index contributed by atoms with van der Waals surface area (Å²) in [5, 5.41) is 5.05. The van der Waals surface area contributed by atoms with Crippen LogP contribution in [0.2, 0.25) is 0 Å². The van der Waals surface area contributed by atoms with Crippen LogP contribution in [0.15, 0.2) is 6.07 Å². The molecule has 6 heteroatoms. The van der Waals surface area contributed by atoms with Gasteiger partial charge in [0, 0.05) is 43.0 Å². The van der Waals surface area contributed by atoms with Gasteiger partial charge >= 0.3 is 0 Å². The summed E-state index contributed by atoms with van der Waals surface area (Å²) in [5.74, 6) is 0.290. The highest BCUT2D eigenvalue weighted by Gasteiger charge is 2.34. The number of aryl methyl sites for hydroxylation is 2. The molecule has 0 bridgehead atoms.